The molecular formula is C18H22OS. The predicted molar refractivity (Wildman–Crippen MR) is 87.3 cm³/mol. The highest BCUT2D eigenvalue weighted by Gasteiger charge is 2.13. The molecule has 0 aliphatic carbocycles. The van der Waals surface area contributed by atoms with Gasteiger partial charge >= 0.3 is 0 Å². The van der Waals surface area contributed by atoms with Crippen LogP contribution in [0.4, 0.5) is 0 Å². The zero-order valence-corrected chi connectivity index (χ0v) is 13.2. The van der Waals surface area contributed by atoms with Crippen LogP contribution < -0.4 is 0 Å². The standard InChI is InChI=1S/C18H22OS/c1-13(2)12-14-8-10-15(11-9-14)18(19)16-6-4-5-7-17(16)20-3/h4-11,13,18-19H,12H2,1-3H3. The molecule has 0 spiro atoms. The minimum Gasteiger partial charge on any atom is -0.384 e. The van der Waals surface area contributed by atoms with Crippen LogP contribution in [0.25, 0.3) is 0 Å². The molecule has 2 aromatic rings. The van der Waals surface area contributed by atoms with Crippen molar-refractivity contribution in [2.75, 3.05) is 6.26 Å². The lowest BCUT2D eigenvalue weighted by molar-refractivity contribution is 0.217. The van der Waals surface area contributed by atoms with Gasteiger partial charge in [0.15, 0.2) is 0 Å². The van der Waals surface area contributed by atoms with Gasteiger partial charge in [0.1, 0.15) is 6.10 Å². The van der Waals surface area contributed by atoms with Crippen LogP contribution in [0.5, 0.6) is 0 Å². The van der Waals surface area contributed by atoms with Gasteiger partial charge < -0.3 is 5.11 Å². The third-order valence-electron chi connectivity index (χ3n) is 3.37. The van der Waals surface area contributed by atoms with Crippen molar-refractivity contribution < 1.29 is 5.11 Å². The Morgan fingerprint density at radius 3 is 2.25 bits per heavy atom. The molecule has 106 valence electrons. The Morgan fingerprint density at radius 2 is 1.65 bits per heavy atom. The van der Waals surface area contributed by atoms with E-state index in [0.717, 1.165) is 22.4 Å². The van der Waals surface area contributed by atoms with Gasteiger partial charge in [0, 0.05) is 4.90 Å². The first-order valence-electron chi connectivity index (χ1n) is 7.01. The summed E-state index contributed by atoms with van der Waals surface area (Å²) in [6, 6.07) is 16.4. The molecule has 2 rings (SSSR count). The van der Waals surface area contributed by atoms with Crippen molar-refractivity contribution in [1.29, 1.82) is 0 Å². The van der Waals surface area contributed by atoms with Crippen LogP contribution >= 0.6 is 11.8 Å². The van der Waals surface area contributed by atoms with Gasteiger partial charge in [0.05, 0.1) is 0 Å². The fourth-order valence-electron chi connectivity index (χ4n) is 2.38. The van der Waals surface area contributed by atoms with E-state index in [2.05, 4.69) is 32.0 Å². The second-order valence-electron chi connectivity index (χ2n) is 5.48. The van der Waals surface area contributed by atoms with Crippen molar-refractivity contribution in [2.24, 2.45) is 5.92 Å². The molecule has 0 aromatic heterocycles. The first-order valence-corrected chi connectivity index (χ1v) is 8.24. The quantitative estimate of drug-likeness (QED) is 0.805. The Kier molecular flexibility index (Phi) is 5.27. The van der Waals surface area contributed by atoms with Gasteiger partial charge in [0.25, 0.3) is 0 Å². The van der Waals surface area contributed by atoms with Crippen LogP contribution in [-0.2, 0) is 6.42 Å². The molecule has 0 saturated heterocycles. The lowest BCUT2D eigenvalue weighted by Crippen LogP contribution is -2.02. The summed E-state index contributed by atoms with van der Waals surface area (Å²) in [6.45, 7) is 4.44. The topological polar surface area (TPSA) is 20.2 Å². The Morgan fingerprint density at radius 1 is 1.00 bits per heavy atom. The summed E-state index contributed by atoms with van der Waals surface area (Å²) in [7, 11) is 0. The lowest BCUT2D eigenvalue weighted by atomic mass is 9.97. The Labute approximate surface area is 126 Å². The van der Waals surface area contributed by atoms with Gasteiger partial charge in [-0.1, -0.05) is 56.3 Å². The van der Waals surface area contributed by atoms with E-state index in [1.807, 2.05) is 36.6 Å². The highest BCUT2D eigenvalue weighted by molar-refractivity contribution is 7.98. The number of benzene rings is 2. The second kappa shape index (κ2) is 6.96. The van der Waals surface area contributed by atoms with Crippen molar-refractivity contribution in [2.45, 2.75) is 31.3 Å². The first kappa shape index (κ1) is 15.1. The van der Waals surface area contributed by atoms with Gasteiger partial charge in [-0.3, -0.25) is 0 Å². The van der Waals surface area contributed by atoms with E-state index in [1.165, 1.54) is 5.56 Å². The molecule has 0 saturated carbocycles. The highest BCUT2D eigenvalue weighted by atomic mass is 32.2. The van der Waals surface area contributed by atoms with Crippen LogP contribution in [0.3, 0.4) is 0 Å². The maximum Gasteiger partial charge on any atom is 0.105 e. The smallest absolute Gasteiger partial charge is 0.105 e. The number of aliphatic hydroxyl groups excluding tert-OH is 1. The molecule has 1 nitrogen and oxygen atoms in total. The predicted octanol–water partition coefficient (Wildman–Crippen LogP) is 4.69. The Hall–Kier alpha value is -1.25. The Bertz CT molecular complexity index is 546. The summed E-state index contributed by atoms with van der Waals surface area (Å²) in [6.07, 6.45) is 2.57. The Balaban J connectivity index is 2.22. The molecule has 1 atom stereocenters. The maximum atomic E-state index is 10.6. The first-order chi connectivity index (χ1) is 9.61. The third-order valence-corrected chi connectivity index (χ3v) is 4.18. The zero-order chi connectivity index (χ0) is 14.5. The average Bonchev–Trinajstić information content (AvgIpc) is 2.46. The summed E-state index contributed by atoms with van der Waals surface area (Å²) in [5, 5.41) is 10.6. The molecule has 0 bridgehead atoms. The van der Waals surface area contributed by atoms with Crippen molar-refractivity contribution in [3.05, 3.63) is 65.2 Å². The average molecular weight is 286 g/mol. The van der Waals surface area contributed by atoms with Crippen molar-refractivity contribution in [1.82, 2.24) is 0 Å². The number of hydrogen-bond donors (Lipinski definition) is 1. The summed E-state index contributed by atoms with van der Waals surface area (Å²) in [5.41, 5.74) is 3.27. The fourth-order valence-corrected chi connectivity index (χ4v) is 3.01. The van der Waals surface area contributed by atoms with Crippen LogP contribution in [0.2, 0.25) is 0 Å². The molecule has 0 amide bonds. The minimum absolute atomic E-state index is 0.549. The lowest BCUT2D eigenvalue weighted by Gasteiger charge is -2.15. The van der Waals surface area contributed by atoms with E-state index in [1.54, 1.807) is 11.8 Å². The maximum absolute atomic E-state index is 10.6. The monoisotopic (exact) mass is 286 g/mol. The number of rotatable bonds is 5. The number of aliphatic hydroxyl groups is 1. The van der Waals surface area contributed by atoms with Crippen LogP contribution in [-0.4, -0.2) is 11.4 Å². The van der Waals surface area contributed by atoms with E-state index in [9.17, 15) is 5.11 Å². The molecule has 1 N–H and O–H groups in total. The normalized spacial score (nSPS) is 12.7. The highest BCUT2D eigenvalue weighted by Crippen LogP contribution is 2.30. The molecule has 0 aliphatic rings. The summed E-state index contributed by atoms with van der Waals surface area (Å²) in [4.78, 5) is 1.13. The van der Waals surface area contributed by atoms with Crippen LogP contribution in [0.15, 0.2) is 53.4 Å². The summed E-state index contributed by atoms with van der Waals surface area (Å²) >= 11 is 1.67. The zero-order valence-electron chi connectivity index (χ0n) is 12.3. The van der Waals surface area contributed by atoms with Crippen LogP contribution in [0.1, 0.15) is 36.6 Å². The second-order valence-corrected chi connectivity index (χ2v) is 6.33. The molecular weight excluding hydrogens is 264 g/mol. The van der Waals surface area contributed by atoms with E-state index < -0.39 is 6.10 Å². The molecule has 0 heterocycles. The van der Waals surface area contributed by atoms with Gasteiger partial charge in [-0.25, -0.2) is 0 Å². The molecule has 2 aromatic carbocycles. The van der Waals surface area contributed by atoms with Crippen molar-refractivity contribution in [3.63, 3.8) is 0 Å². The minimum atomic E-state index is -0.549. The molecule has 0 fully saturated rings. The van der Waals surface area contributed by atoms with E-state index in [0.29, 0.717) is 5.92 Å². The number of hydrogen-bond acceptors (Lipinski definition) is 2. The molecule has 0 aliphatic heterocycles. The van der Waals surface area contributed by atoms with E-state index in [4.69, 9.17) is 0 Å². The van der Waals surface area contributed by atoms with Gasteiger partial charge in [-0.2, -0.15) is 0 Å². The third kappa shape index (κ3) is 3.65. The molecule has 20 heavy (non-hydrogen) atoms. The fraction of sp³-hybridized carbons (Fsp3) is 0.333. The van der Waals surface area contributed by atoms with Crippen LogP contribution in [0, 0.1) is 5.92 Å². The summed E-state index contributed by atoms with van der Waals surface area (Å²) in [5.74, 6) is 0.656. The molecule has 1 unspecified atom stereocenters. The molecule has 2 heteroatoms. The van der Waals surface area contributed by atoms with Gasteiger partial charge in [-0.15, -0.1) is 11.8 Å². The summed E-state index contributed by atoms with van der Waals surface area (Å²) < 4.78 is 0. The SMILES string of the molecule is CSc1ccccc1C(O)c1ccc(CC(C)C)cc1. The number of thioether (sulfide) groups is 1. The van der Waals surface area contributed by atoms with Gasteiger partial charge in [0.2, 0.25) is 0 Å². The largest absolute Gasteiger partial charge is 0.384 e. The van der Waals surface area contributed by atoms with E-state index in [-0.39, 0.29) is 0 Å². The van der Waals surface area contributed by atoms with E-state index >= 15 is 0 Å². The van der Waals surface area contributed by atoms with Crippen molar-refractivity contribution >= 4 is 11.8 Å². The van der Waals surface area contributed by atoms with Crippen molar-refractivity contribution in [3.8, 4) is 0 Å². The molecule has 0 radical (unpaired) electrons. The van der Waals surface area contributed by atoms with Gasteiger partial charge in [-0.05, 0) is 41.4 Å².